The van der Waals surface area contributed by atoms with Crippen LogP contribution in [0, 0.1) is 6.92 Å². The van der Waals surface area contributed by atoms with E-state index in [9.17, 15) is 0 Å². The Bertz CT molecular complexity index is 496. The van der Waals surface area contributed by atoms with Crippen LogP contribution in [-0.4, -0.2) is 18.7 Å². The van der Waals surface area contributed by atoms with Gasteiger partial charge in [0.25, 0.3) is 0 Å². The number of rotatable bonds is 6. The van der Waals surface area contributed by atoms with Gasteiger partial charge in [0.15, 0.2) is 0 Å². The van der Waals surface area contributed by atoms with Crippen LogP contribution in [0.5, 0.6) is 5.75 Å². The van der Waals surface area contributed by atoms with Crippen LogP contribution in [0.4, 0.5) is 0 Å². The lowest BCUT2D eigenvalue weighted by molar-refractivity contribution is -0.0328. The summed E-state index contributed by atoms with van der Waals surface area (Å²) in [5.41, 5.74) is 2.55. The molecule has 0 atom stereocenters. The molecule has 0 fully saturated rings. The largest absolute Gasteiger partial charge is 0.406 e. The van der Waals surface area contributed by atoms with Crippen molar-refractivity contribution in [2.45, 2.75) is 19.8 Å². The highest BCUT2D eigenvalue weighted by Gasteiger charge is 2.03. The van der Waals surface area contributed by atoms with E-state index >= 15 is 0 Å². The topological polar surface area (TPSA) is 12.5 Å². The Hall–Kier alpha value is -1.80. The van der Waals surface area contributed by atoms with Crippen LogP contribution >= 0.6 is 0 Å². The lowest BCUT2D eigenvalue weighted by atomic mass is 10.1. The van der Waals surface area contributed by atoms with Gasteiger partial charge in [0.05, 0.1) is 0 Å². The first kappa shape index (κ1) is 13.6. The third-order valence-electron chi connectivity index (χ3n) is 3.13. The molecule has 0 bridgehead atoms. The minimum absolute atomic E-state index is 0.920. The number of hydrogen-bond acceptors (Lipinski definition) is 2. The van der Waals surface area contributed by atoms with Crippen molar-refractivity contribution in [1.29, 1.82) is 0 Å². The van der Waals surface area contributed by atoms with Crippen molar-refractivity contribution >= 4 is 0 Å². The molecule has 2 rings (SSSR count). The summed E-state index contributed by atoms with van der Waals surface area (Å²) < 4.78 is 0. The number of hydrogen-bond donors (Lipinski definition) is 0. The van der Waals surface area contributed by atoms with Crippen molar-refractivity contribution < 1.29 is 4.84 Å². The van der Waals surface area contributed by atoms with Gasteiger partial charge in [-0.25, -0.2) is 0 Å². The van der Waals surface area contributed by atoms with E-state index in [2.05, 4.69) is 43.3 Å². The Morgan fingerprint density at radius 3 is 2.37 bits per heavy atom. The number of para-hydroxylation sites is 1. The van der Waals surface area contributed by atoms with E-state index in [1.807, 2.05) is 30.3 Å². The number of benzene rings is 2. The van der Waals surface area contributed by atoms with Crippen molar-refractivity contribution in [3.63, 3.8) is 0 Å². The minimum Gasteiger partial charge on any atom is -0.406 e. The second kappa shape index (κ2) is 6.95. The molecule has 0 aromatic heterocycles. The van der Waals surface area contributed by atoms with Gasteiger partial charge in [-0.15, -0.1) is 5.06 Å². The maximum Gasteiger partial charge on any atom is 0.150 e. The molecule has 100 valence electrons. The minimum atomic E-state index is 0.920. The molecule has 0 aliphatic carbocycles. The summed E-state index contributed by atoms with van der Waals surface area (Å²) in [5, 5.41) is 1.91. The lowest BCUT2D eigenvalue weighted by Gasteiger charge is -2.18. The Morgan fingerprint density at radius 2 is 1.63 bits per heavy atom. The molecule has 0 radical (unpaired) electrons. The maximum atomic E-state index is 5.82. The Morgan fingerprint density at radius 1 is 0.947 bits per heavy atom. The van der Waals surface area contributed by atoms with Crippen molar-refractivity contribution in [3.8, 4) is 5.75 Å². The van der Waals surface area contributed by atoms with Gasteiger partial charge >= 0.3 is 0 Å². The normalized spacial score (nSPS) is 10.7. The Kier molecular flexibility index (Phi) is 4.99. The fourth-order valence-corrected chi connectivity index (χ4v) is 2.02. The molecular formula is C17H21NO. The van der Waals surface area contributed by atoms with Crippen LogP contribution < -0.4 is 4.84 Å². The number of nitrogens with zero attached hydrogens (tertiary/aromatic N) is 1. The second-order valence-electron chi connectivity index (χ2n) is 4.80. The van der Waals surface area contributed by atoms with E-state index < -0.39 is 0 Å². The zero-order valence-electron chi connectivity index (χ0n) is 11.7. The molecule has 0 spiro atoms. The highest BCUT2D eigenvalue weighted by Crippen LogP contribution is 2.17. The van der Waals surface area contributed by atoms with Crippen molar-refractivity contribution in [2.24, 2.45) is 0 Å². The van der Waals surface area contributed by atoms with Crippen molar-refractivity contribution in [1.82, 2.24) is 5.06 Å². The SMILES string of the molecule is Cc1ccccc1ON(C)CCCc1ccccc1. The first-order chi connectivity index (χ1) is 9.25. The molecule has 2 aromatic carbocycles. The van der Waals surface area contributed by atoms with Gasteiger partial charge in [-0.1, -0.05) is 48.5 Å². The Balaban J connectivity index is 1.76. The molecule has 0 aliphatic rings. The quantitative estimate of drug-likeness (QED) is 0.727. The molecule has 2 aromatic rings. The van der Waals surface area contributed by atoms with E-state index in [0.29, 0.717) is 0 Å². The smallest absolute Gasteiger partial charge is 0.150 e. The molecule has 0 saturated carbocycles. The summed E-state index contributed by atoms with van der Waals surface area (Å²) >= 11 is 0. The zero-order valence-corrected chi connectivity index (χ0v) is 11.7. The van der Waals surface area contributed by atoms with Crippen LogP contribution in [0.3, 0.4) is 0 Å². The van der Waals surface area contributed by atoms with Crippen LogP contribution in [0.2, 0.25) is 0 Å². The van der Waals surface area contributed by atoms with Gasteiger partial charge in [0.2, 0.25) is 0 Å². The van der Waals surface area contributed by atoms with Crippen LogP contribution in [0.25, 0.3) is 0 Å². The third kappa shape index (κ3) is 4.42. The summed E-state index contributed by atoms with van der Waals surface area (Å²) in [5.74, 6) is 0.935. The molecule has 19 heavy (non-hydrogen) atoms. The van der Waals surface area contributed by atoms with Gasteiger partial charge in [-0.2, -0.15) is 0 Å². The molecule has 0 N–H and O–H groups in total. The van der Waals surface area contributed by atoms with Gasteiger partial charge < -0.3 is 4.84 Å². The average Bonchev–Trinajstić information content (AvgIpc) is 2.43. The second-order valence-corrected chi connectivity index (χ2v) is 4.80. The van der Waals surface area contributed by atoms with E-state index in [0.717, 1.165) is 30.7 Å². The lowest BCUT2D eigenvalue weighted by Crippen LogP contribution is -2.24. The fraction of sp³-hybridized carbons (Fsp3) is 0.294. The summed E-state index contributed by atoms with van der Waals surface area (Å²) in [6.45, 7) is 2.98. The molecule has 0 heterocycles. The summed E-state index contributed by atoms with van der Waals surface area (Å²) in [6, 6.07) is 18.7. The van der Waals surface area contributed by atoms with Crippen LogP contribution in [0.15, 0.2) is 54.6 Å². The molecule has 0 saturated heterocycles. The molecular weight excluding hydrogens is 234 g/mol. The third-order valence-corrected chi connectivity index (χ3v) is 3.13. The maximum absolute atomic E-state index is 5.82. The standard InChI is InChI=1S/C17H21NO/c1-15-9-6-7-13-17(15)19-18(2)14-8-12-16-10-4-3-5-11-16/h3-7,9-11,13H,8,12,14H2,1-2H3. The summed E-state index contributed by atoms with van der Waals surface area (Å²) in [7, 11) is 1.98. The number of aryl methyl sites for hydroxylation is 2. The molecule has 0 unspecified atom stereocenters. The van der Waals surface area contributed by atoms with Gasteiger partial charge in [-0.05, 0) is 37.0 Å². The molecule has 2 heteroatoms. The van der Waals surface area contributed by atoms with E-state index in [1.165, 1.54) is 5.56 Å². The van der Waals surface area contributed by atoms with Crippen molar-refractivity contribution in [2.75, 3.05) is 13.6 Å². The molecule has 0 amide bonds. The van der Waals surface area contributed by atoms with Gasteiger partial charge in [0.1, 0.15) is 5.75 Å². The van der Waals surface area contributed by atoms with Gasteiger partial charge in [-0.3, -0.25) is 0 Å². The number of hydroxylamine groups is 2. The fourth-order valence-electron chi connectivity index (χ4n) is 2.02. The zero-order chi connectivity index (χ0) is 13.5. The van der Waals surface area contributed by atoms with E-state index in [1.54, 1.807) is 0 Å². The molecule has 2 nitrogen and oxygen atoms in total. The highest BCUT2D eigenvalue weighted by molar-refractivity contribution is 5.31. The highest BCUT2D eigenvalue weighted by atomic mass is 16.7. The summed E-state index contributed by atoms with van der Waals surface area (Å²) in [6.07, 6.45) is 2.18. The van der Waals surface area contributed by atoms with Crippen molar-refractivity contribution in [3.05, 3.63) is 65.7 Å². The van der Waals surface area contributed by atoms with Crippen LogP contribution in [0.1, 0.15) is 17.5 Å². The Labute approximate surface area is 115 Å². The monoisotopic (exact) mass is 255 g/mol. The first-order valence-corrected chi connectivity index (χ1v) is 6.74. The van der Waals surface area contributed by atoms with E-state index in [4.69, 9.17) is 4.84 Å². The average molecular weight is 255 g/mol. The van der Waals surface area contributed by atoms with Crippen LogP contribution in [-0.2, 0) is 6.42 Å². The predicted molar refractivity (Wildman–Crippen MR) is 79.2 cm³/mol. The first-order valence-electron chi connectivity index (χ1n) is 6.74. The van der Waals surface area contributed by atoms with Gasteiger partial charge in [0, 0.05) is 13.6 Å². The van der Waals surface area contributed by atoms with E-state index in [-0.39, 0.29) is 0 Å². The molecule has 0 aliphatic heterocycles. The predicted octanol–water partition coefficient (Wildman–Crippen LogP) is 3.85. The summed E-state index contributed by atoms with van der Waals surface area (Å²) in [4.78, 5) is 5.82.